The molecular weight excluding hydrogens is 915 g/mol. The molecule has 3 rings (SSSR count). The number of phosphoric acid groups is 3. The summed E-state index contributed by atoms with van der Waals surface area (Å²) in [5, 5.41) is 26.5. The third kappa shape index (κ3) is 15.5. The number of rotatable bonds is 26. The third-order valence-corrected chi connectivity index (χ3v) is 15.9. The number of nitrogens with two attached hydrogens (primary N) is 1. The average Bonchev–Trinajstić information content (AvgIpc) is 3.72. The lowest BCUT2D eigenvalue weighted by Crippen LogP contribution is -2.46. The number of phosphoric ester groups is 3. The minimum absolute atomic E-state index is 0.0304. The Bertz CT molecular complexity index is 1860. The molecule has 1 fully saturated rings. The second kappa shape index (κ2) is 22.1. The van der Waals surface area contributed by atoms with Crippen LogP contribution >= 0.6 is 46.8 Å². The van der Waals surface area contributed by atoms with Gasteiger partial charge in [-0.05, 0) is 6.42 Å². The summed E-state index contributed by atoms with van der Waals surface area (Å²) in [5.41, 5.74) is 4.27. The lowest BCUT2D eigenvalue weighted by atomic mass is 9.87. The van der Waals surface area contributed by atoms with E-state index in [0.717, 1.165) is 17.2 Å². The van der Waals surface area contributed by atoms with Gasteiger partial charge >= 0.3 is 32.3 Å². The molecule has 0 aliphatic carbocycles. The quantitative estimate of drug-likeness (QED) is 0.0259. The SMILES string of the molecule is CO[Si](CCC(Cl)SCCNC(=O)CCNC(=O)C(O)C(C)(C)COP(=O)(O)OP(=O)(O)OC[C@H]1O[C@@H](n2cnc3c(N)ncnc32)[C@H](O)[C@@H]1OP(=O)(O)O)(OC)OC. The summed E-state index contributed by atoms with van der Waals surface area (Å²) in [4.78, 5) is 75.9. The van der Waals surface area contributed by atoms with Gasteiger partial charge in [-0.3, -0.25) is 27.7 Å². The van der Waals surface area contributed by atoms with E-state index < -0.39 is 93.4 Å². The van der Waals surface area contributed by atoms with E-state index in [4.69, 9.17) is 44.4 Å². The number of nitrogens with one attached hydrogen (secondary N) is 2. The zero-order chi connectivity index (χ0) is 44.4. The van der Waals surface area contributed by atoms with Crippen LogP contribution in [-0.4, -0.2) is 152 Å². The fourth-order valence-corrected chi connectivity index (χ4v) is 11.4. The second-order valence-electron chi connectivity index (χ2n) is 13.2. The molecule has 3 heterocycles. The number of halogens is 1. The monoisotopic (exact) mass is 963 g/mol. The van der Waals surface area contributed by atoms with Crippen molar-refractivity contribution in [1.29, 1.82) is 0 Å². The zero-order valence-corrected chi connectivity index (χ0v) is 37.5. The number of aliphatic hydroxyl groups is 2. The van der Waals surface area contributed by atoms with Crippen LogP contribution < -0.4 is 16.4 Å². The first-order valence-corrected chi connectivity index (χ1v) is 25.1. The molecule has 1 aliphatic heterocycles. The number of anilines is 1. The Morgan fingerprint density at radius 2 is 1.69 bits per heavy atom. The molecule has 0 radical (unpaired) electrons. The molecule has 32 heteroatoms. The number of nitrogens with zero attached hydrogens (tertiary/aromatic N) is 4. The lowest BCUT2D eigenvalue weighted by molar-refractivity contribution is -0.137. The Morgan fingerprint density at radius 3 is 2.32 bits per heavy atom. The van der Waals surface area contributed by atoms with Crippen molar-refractivity contribution in [3.63, 3.8) is 0 Å². The first kappa shape index (κ1) is 51.6. The van der Waals surface area contributed by atoms with Crippen LogP contribution in [-0.2, 0) is 59.2 Å². The molecule has 4 unspecified atom stereocenters. The fraction of sp³-hybridized carbons (Fsp3) is 0.741. The highest BCUT2D eigenvalue weighted by Gasteiger charge is 2.50. The molecule has 59 heavy (non-hydrogen) atoms. The minimum atomic E-state index is -5.57. The van der Waals surface area contributed by atoms with Crippen LogP contribution in [0.3, 0.4) is 0 Å². The van der Waals surface area contributed by atoms with Gasteiger partial charge in [-0.25, -0.2) is 28.6 Å². The van der Waals surface area contributed by atoms with E-state index in [9.17, 15) is 53.1 Å². The Kier molecular flexibility index (Phi) is 19.3. The standard InChI is InChI=1S/C27H49ClN7O19P3SSi/c1-27(2,22(38)25(39)31-8-6-18(36)30-9-10-58-17(28)7-11-59(47-3,48-4)49-5)13-51-57(45,46)54-56(43,44)50-12-16-21(53-55(40,41)42)20(37)26(52-16)35-15-34-19-23(29)32-14-33-24(19)35/h14-17,20-22,26,37-38H,6-13H2,1-5H3,(H,30,36)(H,31,39)(H,43,44)(H,45,46)(H2,29,32,33)(H2,40,41,42)/t16-,17?,20-,21-,22?,26-/m1/s1. The number of alkyl halides is 1. The number of nitrogen functional groups attached to an aromatic ring is 1. The molecule has 0 saturated carbocycles. The maximum absolute atomic E-state index is 12.7. The first-order valence-electron chi connectivity index (χ1n) is 17.2. The molecule has 338 valence electrons. The van der Waals surface area contributed by atoms with E-state index in [0.29, 0.717) is 18.2 Å². The number of hydrogen-bond acceptors (Lipinski definition) is 20. The average molecular weight is 964 g/mol. The van der Waals surface area contributed by atoms with Crippen LogP contribution in [0.25, 0.3) is 11.2 Å². The van der Waals surface area contributed by atoms with E-state index in [1.807, 2.05) is 0 Å². The van der Waals surface area contributed by atoms with Crippen molar-refractivity contribution in [2.24, 2.45) is 5.41 Å². The normalized spacial score (nSPS) is 22.1. The summed E-state index contributed by atoms with van der Waals surface area (Å²) >= 11 is 7.75. The smallest absolute Gasteiger partial charge is 0.386 e. The maximum atomic E-state index is 12.7. The van der Waals surface area contributed by atoms with Crippen LogP contribution in [0, 0.1) is 5.41 Å². The van der Waals surface area contributed by atoms with Gasteiger partial charge in [-0.15, -0.1) is 23.4 Å². The van der Waals surface area contributed by atoms with E-state index >= 15 is 0 Å². The summed E-state index contributed by atoms with van der Waals surface area (Å²) in [5.74, 6) is -0.925. The number of aliphatic hydroxyl groups excluding tert-OH is 2. The van der Waals surface area contributed by atoms with Crippen LogP contribution in [0.15, 0.2) is 12.7 Å². The largest absolute Gasteiger partial charge is 0.500 e. The lowest BCUT2D eigenvalue weighted by Gasteiger charge is -2.30. The molecule has 1 saturated heterocycles. The number of thioether (sulfide) groups is 1. The van der Waals surface area contributed by atoms with Crippen molar-refractivity contribution in [1.82, 2.24) is 30.2 Å². The molecule has 2 aromatic heterocycles. The highest BCUT2D eigenvalue weighted by Crippen LogP contribution is 2.61. The highest BCUT2D eigenvalue weighted by molar-refractivity contribution is 8.01. The van der Waals surface area contributed by atoms with E-state index in [2.05, 4.69) is 34.4 Å². The fourth-order valence-electron chi connectivity index (χ4n) is 5.25. The van der Waals surface area contributed by atoms with E-state index in [1.165, 1.54) is 46.9 Å². The van der Waals surface area contributed by atoms with Crippen molar-refractivity contribution in [2.75, 3.05) is 59.1 Å². The van der Waals surface area contributed by atoms with Gasteiger partial charge in [0.1, 0.15) is 36.3 Å². The molecule has 10 N–H and O–H groups in total. The van der Waals surface area contributed by atoms with Crippen molar-refractivity contribution in [3.05, 3.63) is 12.7 Å². The van der Waals surface area contributed by atoms with Gasteiger partial charge < -0.3 is 64.2 Å². The Hall–Kier alpha value is -1.72. The van der Waals surface area contributed by atoms with Crippen molar-refractivity contribution in [2.45, 2.75) is 68.1 Å². The number of amides is 2. The molecule has 26 nitrogen and oxygen atoms in total. The number of carbonyl (C=O) groups excluding carboxylic acids is 2. The Balaban J connectivity index is 1.45. The summed E-state index contributed by atoms with van der Waals surface area (Å²) in [6, 6.07) is 0.502. The molecule has 1 aliphatic rings. The van der Waals surface area contributed by atoms with Gasteiger partial charge in [0.15, 0.2) is 17.7 Å². The summed E-state index contributed by atoms with van der Waals surface area (Å²) in [6.07, 6.45) is -6.35. The highest BCUT2D eigenvalue weighted by atomic mass is 35.5. The number of fused-ring (bicyclic) bond motifs is 1. The van der Waals surface area contributed by atoms with Crippen LogP contribution in [0.1, 0.15) is 32.9 Å². The Morgan fingerprint density at radius 1 is 1.05 bits per heavy atom. The molecule has 0 bridgehead atoms. The zero-order valence-electron chi connectivity index (χ0n) is 32.3. The molecule has 0 aromatic carbocycles. The summed E-state index contributed by atoms with van der Waals surface area (Å²) < 4.78 is 78.0. The van der Waals surface area contributed by atoms with Gasteiger partial charge in [0.05, 0.1) is 24.3 Å². The molecule has 2 aromatic rings. The second-order valence-corrected chi connectivity index (χ2v) is 22.6. The van der Waals surface area contributed by atoms with Crippen LogP contribution in [0.5, 0.6) is 0 Å². The number of hydrogen-bond donors (Lipinski definition) is 9. The van der Waals surface area contributed by atoms with Gasteiger partial charge in [0, 0.05) is 58.1 Å². The van der Waals surface area contributed by atoms with E-state index in [1.54, 1.807) is 0 Å². The van der Waals surface area contributed by atoms with Gasteiger partial charge in [0.2, 0.25) is 11.8 Å². The van der Waals surface area contributed by atoms with Crippen molar-refractivity contribution >= 4 is 84.4 Å². The summed E-state index contributed by atoms with van der Waals surface area (Å²) in [6.45, 7) is 0.598. The summed E-state index contributed by atoms with van der Waals surface area (Å²) in [7, 11) is -14.6. The topological polar surface area (TPSA) is 374 Å². The maximum Gasteiger partial charge on any atom is 0.500 e. The molecule has 0 spiro atoms. The van der Waals surface area contributed by atoms with Crippen LogP contribution in [0.4, 0.5) is 5.82 Å². The van der Waals surface area contributed by atoms with Gasteiger partial charge in [0.25, 0.3) is 0 Å². The van der Waals surface area contributed by atoms with Gasteiger partial charge in [-0.2, -0.15) is 4.31 Å². The van der Waals surface area contributed by atoms with Crippen LogP contribution in [0.2, 0.25) is 6.04 Å². The third-order valence-electron chi connectivity index (χ3n) is 8.41. The van der Waals surface area contributed by atoms with Crippen molar-refractivity contribution in [3.8, 4) is 0 Å². The number of aromatic nitrogens is 4. The van der Waals surface area contributed by atoms with Crippen molar-refractivity contribution < 1.29 is 89.0 Å². The molecular formula is C27H49ClN7O19P3SSi. The predicted molar refractivity (Wildman–Crippen MR) is 208 cm³/mol. The Labute approximate surface area is 347 Å². The number of imidazole rings is 1. The van der Waals surface area contributed by atoms with Gasteiger partial charge in [-0.1, -0.05) is 13.8 Å². The number of carbonyl (C=O) groups is 2. The van der Waals surface area contributed by atoms with E-state index in [-0.39, 0.29) is 41.2 Å². The first-order chi connectivity index (χ1) is 27.4. The minimum Gasteiger partial charge on any atom is -0.386 e. The molecule has 8 atom stereocenters. The molecule has 2 amide bonds. The number of ether oxygens (including phenoxy) is 1. The predicted octanol–water partition coefficient (Wildman–Crippen LogP) is -0.0288.